The van der Waals surface area contributed by atoms with E-state index in [0.717, 1.165) is 12.0 Å². The van der Waals surface area contributed by atoms with Gasteiger partial charge in [-0.05, 0) is 24.5 Å². The third-order valence-electron chi connectivity index (χ3n) is 4.50. The van der Waals surface area contributed by atoms with Crippen molar-refractivity contribution in [2.24, 2.45) is 5.92 Å². The second-order valence-electron chi connectivity index (χ2n) is 7.43. The summed E-state index contributed by atoms with van der Waals surface area (Å²) in [6.07, 6.45) is 4.21. The fraction of sp³-hybridized carbons (Fsp3) is 0.400. The Bertz CT molecular complexity index is 1180. The Morgan fingerprint density at radius 3 is 2.55 bits per heavy atom. The Labute approximate surface area is 182 Å². The summed E-state index contributed by atoms with van der Waals surface area (Å²) in [4.78, 5) is 43.4. The van der Waals surface area contributed by atoms with Crippen LogP contribution >= 0.6 is 11.8 Å². The van der Waals surface area contributed by atoms with Gasteiger partial charge in [-0.25, -0.2) is 4.79 Å². The lowest BCUT2D eigenvalue weighted by atomic mass is 10.2. The zero-order valence-electron chi connectivity index (χ0n) is 17.7. The number of nitrogens with two attached hydrogens (primary N) is 1. The van der Waals surface area contributed by atoms with Crippen LogP contribution in [0.4, 0.5) is 5.82 Å². The number of carbonyl (C=O) groups excluding carboxylic acids is 1. The maximum absolute atomic E-state index is 12.9. The highest BCUT2D eigenvalue weighted by Crippen LogP contribution is 2.25. The van der Waals surface area contributed by atoms with Crippen molar-refractivity contribution in [2.75, 3.05) is 11.5 Å². The molecule has 0 aliphatic rings. The van der Waals surface area contributed by atoms with Crippen molar-refractivity contribution in [3.8, 4) is 11.4 Å². The number of pyridine rings is 1. The SMILES string of the molecule is CCCn1c(SCC(=O)c2c(N)n(CC(C)C)c(=O)[nH]c2=O)nnc1-c1ccncc1. The molecule has 0 aliphatic heterocycles. The highest BCUT2D eigenvalue weighted by Gasteiger charge is 2.21. The number of anilines is 1. The van der Waals surface area contributed by atoms with Crippen LogP contribution in [0, 0.1) is 5.92 Å². The zero-order valence-corrected chi connectivity index (χ0v) is 18.5. The van der Waals surface area contributed by atoms with Gasteiger partial charge in [0.25, 0.3) is 5.56 Å². The molecule has 3 aromatic heterocycles. The quantitative estimate of drug-likeness (QED) is 0.377. The number of nitrogen functional groups attached to an aromatic ring is 1. The Hall–Kier alpha value is -3.21. The van der Waals surface area contributed by atoms with Gasteiger partial charge in [-0.1, -0.05) is 32.5 Å². The first-order valence-corrected chi connectivity index (χ1v) is 10.9. The van der Waals surface area contributed by atoms with Gasteiger partial charge in [0.05, 0.1) is 5.75 Å². The van der Waals surface area contributed by atoms with E-state index in [2.05, 4.69) is 20.2 Å². The van der Waals surface area contributed by atoms with Gasteiger partial charge < -0.3 is 10.3 Å². The summed E-state index contributed by atoms with van der Waals surface area (Å²) < 4.78 is 3.16. The second-order valence-corrected chi connectivity index (χ2v) is 8.37. The summed E-state index contributed by atoms with van der Waals surface area (Å²) in [5.74, 6) is 0.147. The van der Waals surface area contributed by atoms with Crippen molar-refractivity contribution in [1.82, 2.24) is 29.3 Å². The van der Waals surface area contributed by atoms with Gasteiger partial charge in [-0.2, -0.15) is 0 Å². The van der Waals surface area contributed by atoms with Gasteiger partial charge >= 0.3 is 5.69 Å². The number of H-pyrrole nitrogens is 1. The monoisotopic (exact) mass is 443 g/mol. The minimum atomic E-state index is -0.777. The van der Waals surface area contributed by atoms with E-state index in [1.54, 1.807) is 12.4 Å². The number of thioether (sulfide) groups is 1. The number of rotatable bonds is 9. The van der Waals surface area contributed by atoms with Crippen molar-refractivity contribution in [1.29, 1.82) is 0 Å². The molecule has 0 amide bonds. The molecule has 0 bridgehead atoms. The maximum atomic E-state index is 12.9. The largest absolute Gasteiger partial charge is 0.384 e. The van der Waals surface area contributed by atoms with Crippen LogP contribution < -0.4 is 17.0 Å². The molecule has 164 valence electrons. The molecule has 0 fully saturated rings. The molecule has 0 saturated heterocycles. The lowest BCUT2D eigenvalue weighted by Gasteiger charge is -2.14. The molecule has 3 N–H and O–H groups in total. The van der Waals surface area contributed by atoms with Gasteiger partial charge in [-0.3, -0.25) is 24.1 Å². The standard InChI is InChI=1S/C20H25N7O3S/c1-4-9-26-17(13-5-7-22-8-6-13)24-25-20(26)31-11-14(28)15-16(21)27(10-12(2)3)19(30)23-18(15)29/h5-8,12H,4,9-11,21H2,1-3H3,(H,23,29,30). The average molecular weight is 444 g/mol. The third kappa shape index (κ3) is 4.93. The molecule has 0 unspecified atom stereocenters. The van der Waals surface area contributed by atoms with E-state index in [9.17, 15) is 14.4 Å². The summed E-state index contributed by atoms with van der Waals surface area (Å²) in [6.45, 7) is 6.83. The van der Waals surface area contributed by atoms with Crippen molar-refractivity contribution < 1.29 is 4.79 Å². The number of hydrogen-bond donors (Lipinski definition) is 2. The summed E-state index contributed by atoms with van der Waals surface area (Å²) in [6, 6.07) is 3.68. The van der Waals surface area contributed by atoms with Crippen LogP contribution in [0.3, 0.4) is 0 Å². The second kappa shape index (κ2) is 9.73. The molecule has 3 aromatic rings. The molecule has 0 saturated carbocycles. The van der Waals surface area contributed by atoms with Crippen LogP contribution in [0.25, 0.3) is 11.4 Å². The Balaban J connectivity index is 1.87. The van der Waals surface area contributed by atoms with Gasteiger partial charge in [0.15, 0.2) is 16.8 Å². The molecule has 0 aromatic carbocycles. The number of aromatic nitrogens is 6. The van der Waals surface area contributed by atoms with E-state index in [1.807, 2.05) is 37.5 Å². The van der Waals surface area contributed by atoms with Crippen molar-refractivity contribution >= 4 is 23.4 Å². The number of aromatic amines is 1. The molecule has 3 heterocycles. The molecule has 0 radical (unpaired) electrons. The molecule has 3 rings (SSSR count). The molecule has 0 spiro atoms. The lowest BCUT2D eigenvalue weighted by molar-refractivity contribution is 0.102. The smallest absolute Gasteiger partial charge is 0.329 e. The van der Waals surface area contributed by atoms with E-state index in [0.29, 0.717) is 24.1 Å². The summed E-state index contributed by atoms with van der Waals surface area (Å²) in [7, 11) is 0. The molecule has 10 nitrogen and oxygen atoms in total. The first-order valence-electron chi connectivity index (χ1n) is 9.95. The normalized spacial score (nSPS) is 11.2. The summed E-state index contributed by atoms with van der Waals surface area (Å²) >= 11 is 1.18. The topological polar surface area (TPSA) is 142 Å². The van der Waals surface area contributed by atoms with Gasteiger partial charge in [0, 0.05) is 31.0 Å². The first-order chi connectivity index (χ1) is 14.8. The lowest BCUT2D eigenvalue weighted by Crippen LogP contribution is -2.37. The molecule has 11 heteroatoms. The maximum Gasteiger partial charge on any atom is 0.329 e. The minimum absolute atomic E-state index is 0.0641. The number of nitrogens with zero attached hydrogens (tertiary/aromatic N) is 5. The van der Waals surface area contributed by atoms with Crippen LogP contribution in [-0.2, 0) is 13.1 Å². The fourth-order valence-electron chi connectivity index (χ4n) is 3.14. The third-order valence-corrected chi connectivity index (χ3v) is 5.47. The molecular formula is C20H25N7O3S. The van der Waals surface area contributed by atoms with Crippen LogP contribution in [0.5, 0.6) is 0 Å². The summed E-state index contributed by atoms with van der Waals surface area (Å²) in [5, 5.41) is 9.05. The van der Waals surface area contributed by atoms with Crippen LogP contribution in [0.15, 0.2) is 39.3 Å². The molecule has 0 aliphatic carbocycles. The van der Waals surface area contributed by atoms with Crippen molar-refractivity contribution in [3.05, 3.63) is 50.9 Å². The Kier molecular flexibility index (Phi) is 7.06. The van der Waals surface area contributed by atoms with Gasteiger partial charge in [-0.15, -0.1) is 10.2 Å². The Morgan fingerprint density at radius 1 is 1.19 bits per heavy atom. The van der Waals surface area contributed by atoms with E-state index in [4.69, 9.17) is 5.73 Å². The van der Waals surface area contributed by atoms with Gasteiger partial charge in [0.1, 0.15) is 11.4 Å². The van der Waals surface area contributed by atoms with E-state index in [1.165, 1.54) is 16.3 Å². The van der Waals surface area contributed by atoms with E-state index < -0.39 is 17.0 Å². The number of Topliss-reactive ketones (excluding diaryl/α,β-unsaturated/α-hetero) is 1. The predicted molar refractivity (Wildman–Crippen MR) is 119 cm³/mol. The number of hydrogen-bond acceptors (Lipinski definition) is 8. The van der Waals surface area contributed by atoms with Crippen molar-refractivity contribution in [2.45, 2.75) is 45.4 Å². The fourth-order valence-corrected chi connectivity index (χ4v) is 3.98. The molecule has 31 heavy (non-hydrogen) atoms. The Morgan fingerprint density at radius 2 is 1.90 bits per heavy atom. The van der Waals surface area contributed by atoms with Gasteiger partial charge in [0.2, 0.25) is 0 Å². The van der Waals surface area contributed by atoms with Crippen molar-refractivity contribution in [3.63, 3.8) is 0 Å². The average Bonchev–Trinajstić information content (AvgIpc) is 3.13. The number of carbonyl (C=O) groups is 1. The summed E-state index contributed by atoms with van der Waals surface area (Å²) in [5.41, 5.74) is 5.30. The first kappa shape index (κ1) is 22.5. The van der Waals surface area contributed by atoms with E-state index in [-0.39, 0.29) is 23.1 Å². The highest BCUT2D eigenvalue weighted by atomic mass is 32.2. The number of nitrogens with one attached hydrogen (secondary N) is 1. The van der Waals surface area contributed by atoms with E-state index >= 15 is 0 Å². The molecule has 0 atom stereocenters. The molecular weight excluding hydrogens is 418 g/mol. The predicted octanol–water partition coefficient (Wildman–Crippen LogP) is 1.81. The minimum Gasteiger partial charge on any atom is -0.384 e. The van der Waals surface area contributed by atoms with Crippen LogP contribution in [0.1, 0.15) is 37.6 Å². The number of ketones is 1. The van der Waals surface area contributed by atoms with Crippen LogP contribution in [-0.4, -0.2) is 40.8 Å². The zero-order chi connectivity index (χ0) is 22.5. The highest BCUT2D eigenvalue weighted by molar-refractivity contribution is 7.99. The van der Waals surface area contributed by atoms with Crippen LogP contribution in [0.2, 0.25) is 0 Å².